The van der Waals surface area contributed by atoms with Crippen LogP contribution in [0.3, 0.4) is 0 Å². The summed E-state index contributed by atoms with van der Waals surface area (Å²) in [5.74, 6) is -0.365. The van der Waals surface area contributed by atoms with E-state index in [0.29, 0.717) is 17.3 Å². The van der Waals surface area contributed by atoms with Gasteiger partial charge < -0.3 is 5.32 Å². The van der Waals surface area contributed by atoms with Crippen LogP contribution in [0, 0.1) is 6.92 Å². The maximum absolute atomic E-state index is 13.0. The molecule has 176 valence electrons. The fourth-order valence-corrected chi connectivity index (χ4v) is 4.39. The lowest BCUT2D eigenvalue weighted by molar-refractivity contribution is -0.138. The molecule has 1 aliphatic rings. The zero-order chi connectivity index (χ0) is 24.5. The molecule has 0 saturated heterocycles. The molecule has 0 aromatic heterocycles. The van der Waals surface area contributed by atoms with Crippen molar-refractivity contribution in [1.29, 1.82) is 0 Å². The average Bonchev–Trinajstić information content (AvgIpc) is 3.11. The normalized spacial score (nSPS) is 18.1. The molecule has 8 heteroatoms. The first-order chi connectivity index (χ1) is 16.1. The monoisotopic (exact) mass is 485 g/mol. The molecule has 1 amide bonds. The van der Waals surface area contributed by atoms with Gasteiger partial charge in [0.25, 0.3) is 0 Å². The van der Waals surface area contributed by atoms with Gasteiger partial charge in [0.2, 0.25) is 5.91 Å². The Morgan fingerprint density at radius 2 is 1.76 bits per heavy atom. The van der Waals surface area contributed by atoms with Gasteiger partial charge >= 0.3 is 6.18 Å². The highest BCUT2D eigenvalue weighted by molar-refractivity contribution is 6.30. The van der Waals surface area contributed by atoms with Gasteiger partial charge in [-0.3, -0.25) is 9.80 Å². The largest absolute Gasteiger partial charge is 0.416 e. The standard InChI is InChI=1S/C26H23ClF3N3O/c1-17-14-21(12-13-22(17)26(28,29)30)31-23(34)15-33-16-25(2,19-6-4-3-5-7-19)24(32-33)18-8-10-20(27)11-9-18/h3-14H,15-16H2,1-2H3,(H,31,34). The highest BCUT2D eigenvalue weighted by atomic mass is 35.5. The van der Waals surface area contributed by atoms with Crippen molar-refractivity contribution in [2.45, 2.75) is 25.4 Å². The summed E-state index contributed by atoms with van der Waals surface area (Å²) < 4.78 is 39.0. The topological polar surface area (TPSA) is 44.7 Å². The summed E-state index contributed by atoms with van der Waals surface area (Å²) in [5.41, 5.74) is 1.94. The van der Waals surface area contributed by atoms with Crippen molar-refractivity contribution in [1.82, 2.24) is 5.01 Å². The van der Waals surface area contributed by atoms with Crippen LogP contribution in [0.5, 0.6) is 0 Å². The first-order valence-corrected chi connectivity index (χ1v) is 11.1. The first-order valence-electron chi connectivity index (χ1n) is 10.7. The fourth-order valence-electron chi connectivity index (χ4n) is 4.26. The number of rotatable bonds is 5. The minimum absolute atomic E-state index is 0.0421. The SMILES string of the molecule is Cc1cc(NC(=O)CN2CC(C)(c3ccccc3)C(c3ccc(Cl)cc3)=N2)ccc1C(F)(F)F. The van der Waals surface area contributed by atoms with Crippen LogP contribution >= 0.6 is 11.6 Å². The lowest BCUT2D eigenvalue weighted by Gasteiger charge is -2.27. The number of hydrazone groups is 1. The molecule has 3 aromatic carbocycles. The summed E-state index contributed by atoms with van der Waals surface area (Å²) >= 11 is 6.06. The van der Waals surface area contributed by atoms with Crippen molar-refractivity contribution >= 4 is 28.9 Å². The van der Waals surface area contributed by atoms with E-state index in [1.165, 1.54) is 19.1 Å². The Hall–Kier alpha value is -3.32. The van der Waals surface area contributed by atoms with Crippen LogP contribution in [0.4, 0.5) is 18.9 Å². The van der Waals surface area contributed by atoms with Crippen molar-refractivity contribution < 1.29 is 18.0 Å². The van der Waals surface area contributed by atoms with Gasteiger partial charge in [-0.2, -0.15) is 18.3 Å². The van der Waals surface area contributed by atoms with Crippen molar-refractivity contribution in [2.24, 2.45) is 5.10 Å². The van der Waals surface area contributed by atoms with E-state index in [1.807, 2.05) is 42.5 Å². The molecule has 0 aliphatic carbocycles. The number of halogens is 4. The van der Waals surface area contributed by atoms with Crippen LogP contribution in [0.1, 0.15) is 29.2 Å². The van der Waals surface area contributed by atoms with Gasteiger partial charge in [-0.05, 0) is 60.9 Å². The van der Waals surface area contributed by atoms with E-state index in [2.05, 4.69) is 12.2 Å². The van der Waals surface area contributed by atoms with E-state index in [9.17, 15) is 18.0 Å². The van der Waals surface area contributed by atoms with Gasteiger partial charge in [-0.25, -0.2) is 0 Å². The third kappa shape index (κ3) is 4.94. The minimum Gasteiger partial charge on any atom is -0.324 e. The molecule has 1 heterocycles. The summed E-state index contributed by atoms with van der Waals surface area (Å²) in [7, 11) is 0. The number of alkyl halides is 3. The summed E-state index contributed by atoms with van der Waals surface area (Å²) in [6, 6.07) is 20.9. The molecule has 3 aromatic rings. The third-order valence-corrected chi connectivity index (χ3v) is 6.19. The van der Waals surface area contributed by atoms with E-state index in [4.69, 9.17) is 16.7 Å². The number of aryl methyl sites for hydroxylation is 1. The molecule has 1 unspecified atom stereocenters. The number of nitrogens with one attached hydrogen (secondary N) is 1. The summed E-state index contributed by atoms with van der Waals surface area (Å²) in [4.78, 5) is 12.7. The van der Waals surface area contributed by atoms with Gasteiger partial charge in [0, 0.05) is 10.7 Å². The molecule has 0 saturated carbocycles. The van der Waals surface area contributed by atoms with Crippen molar-refractivity contribution in [2.75, 3.05) is 18.4 Å². The molecule has 1 aliphatic heterocycles. The number of hydrogen-bond donors (Lipinski definition) is 1. The molecule has 4 rings (SSSR count). The molecule has 0 radical (unpaired) electrons. The molecule has 0 spiro atoms. The van der Waals surface area contributed by atoms with Crippen LogP contribution in [0.15, 0.2) is 77.9 Å². The molecule has 34 heavy (non-hydrogen) atoms. The van der Waals surface area contributed by atoms with Crippen molar-refractivity contribution in [3.8, 4) is 0 Å². The zero-order valence-corrected chi connectivity index (χ0v) is 19.4. The van der Waals surface area contributed by atoms with Gasteiger partial charge in [0.1, 0.15) is 6.54 Å². The predicted octanol–water partition coefficient (Wildman–Crippen LogP) is 6.28. The van der Waals surface area contributed by atoms with Gasteiger partial charge in [-0.15, -0.1) is 0 Å². The maximum Gasteiger partial charge on any atom is 0.416 e. The smallest absolute Gasteiger partial charge is 0.324 e. The second-order valence-corrected chi connectivity index (χ2v) is 8.99. The number of carbonyl (C=O) groups excluding carboxylic acids is 1. The number of hydrogen-bond acceptors (Lipinski definition) is 3. The lowest BCUT2D eigenvalue weighted by Crippen LogP contribution is -2.38. The van der Waals surface area contributed by atoms with Crippen LogP contribution in [0.25, 0.3) is 0 Å². The number of amides is 1. The average molecular weight is 486 g/mol. The second-order valence-electron chi connectivity index (χ2n) is 8.55. The molecule has 1 N–H and O–H groups in total. The Morgan fingerprint density at radius 1 is 1.09 bits per heavy atom. The van der Waals surface area contributed by atoms with Crippen LogP contribution < -0.4 is 5.32 Å². The van der Waals surface area contributed by atoms with Crippen LogP contribution in [0.2, 0.25) is 5.02 Å². The molecular formula is C26H23ClF3N3O. The van der Waals surface area contributed by atoms with E-state index in [0.717, 1.165) is 22.9 Å². The molecule has 0 fully saturated rings. The number of nitrogens with zero attached hydrogens (tertiary/aromatic N) is 2. The van der Waals surface area contributed by atoms with E-state index in [-0.39, 0.29) is 18.0 Å². The van der Waals surface area contributed by atoms with E-state index in [1.54, 1.807) is 17.1 Å². The van der Waals surface area contributed by atoms with E-state index >= 15 is 0 Å². The summed E-state index contributed by atoms with van der Waals surface area (Å²) in [5, 5.41) is 9.74. The number of carbonyl (C=O) groups is 1. The third-order valence-electron chi connectivity index (χ3n) is 5.93. The zero-order valence-electron chi connectivity index (χ0n) is 18.7. The second kappa shape index (κ2) is 9.14. The Bertz CT molecular complexity index is 1230. The van der Waals surface area contributed by atoms with Crippen molar-refractivity contribution in [3.63, 3.8) is 0 Å². The predicted molar refractivity (Wildman–Crippen MR) is 128 cm³/mol. The van der Waals surface area contributed by atoms with Crippen LogP contribution in [-0.4, -0.2) is 29.7 Å². The van der Waals surface area contributed by atoms with Crippen molar-refractivity contribution in [3.05, 3.63) is 100 Å². The first kappa shape index (κ1) is 23.8. The lowest BCUT2D eigenvalue weighted by atomic mass is 9.76. The Labute approximate surface area is 201 Å². The molecular weight excluding hydrogens is 463 g/mol. The highest BCUT2D eigenvalue weighted by Gasteiger charge is 2.41. The highest BCUT2D eigenvalue weighted by Crippen LogP contribution is 2.36. The molecule has 4 nitrogen and oxygen atoms in total. The van der Waals surface area contributed by atoms with Gasteiger partial charge in [0.15, 0.2) is 0 Å². The summed E-state index contributed by atoms with van der Waals surface area (Å²) in [6.07, 6.45) is -4.43. The van der Waals surface area contributed by atoms with E-state index < -0.39 is 17.2 Å². The molecule has 0 bridgehead atoms. The molecule has 1 atom stereocenters. The Balaban J connectivity index is 1.56. The van der Waals surface area contributed by atoms with Crippen LogP contribution in [-0.2, 0) is 16.4 Å². The Morgan fingerprint density at radius 3 is 2.38 bits per heavy atom. The minimum atomic E-state index is -4.43. The van der Waals surface area contributed by atoms with Gasteiger partial charge in [-0.1, -0.05) is 54.1 Å². The number of benzene rings is 3. The Kier molecular flexibility index (Phi) is 6.41. The fraction of sp³-hybridized carbons (Fsp3) is 0.231. The summed E-state index contributed by atoms with van der Waals surface area (Å²) in [6.45, 7) is 3.87. The number of anilines is 1. The van der Waals surface area contributed by atoms with Gasteiger partial charge in [0.05, 0.1) is 23.2 Å². The quantitative estimate of drug-likeness (QED) is 0.462. The maximum atomic E-state index is 13.0.